The number of thioether (sulfide) groups is 1. The van der Waals surface area contributed by atoms with E-state index in [1.807, 2.05) is 18.4 Å². The van der Waals surface area contributed by atoms with Crippen LogP contribution in [0.1, 0.15) is 36.5 Å². The predicted octanol–water partition coefficient (Wildman–Crippen LogP) is 3.11. The smallest absolute Gasteiger partial charge is 0.0932 e. The first-order chi connectivity index (χ1) is 7.79. The molecule has 0 aromatic carbocycles. The van der Waals surface area contributed by atoms with Crippen LogP contribution in [0.2, 0.25) is 0 Å². The highest BCUT2D eigenvalue weighted by atomic mass is 32.2. The van der Waals surface area contributed by atoms with Gasteiger partial charge in [-0.2, -0.15) is 11.8 Å². The number of nitrogens with zero attached hydrogens (tertiary/aromatic N) is 1. The Morgan fingerprint density at radius 2 is 2.50 bits per heavy atom. The van der Waals surface area contributed by atoms with Crippen molar-refractivity contribution in [2.24, 2.45) is 5.92 Å². The number of aromatic nitrogens is 1. The van der Waals surface area contributed by atoms with E-state index in [0.29, 0.717) is 6.04 Å². The summed E-state index contributed by atoms with van der Waals surface area (Å²) in [6.45, 7) is 2.16. The van der Waals surface area contributed by atoms with Gasteiger partial charge in [0.25, 0.3) is 0 Å². The maximum Gasteiger partial charge on any atom is 0.0932 e. The van der Waals surface area contributed by atoms with Crippen LogP contribution in [0.15, 0.2) is 5.38 Å². The minimum Gasteiger partial charge on any atom is -0.312 e. The molecule has 1 fully saturated rings. The van der Waals surface area contributed by atoms with E-state index in [-0.39, 0.29) is 0 Å². The number of nitrogens with one attached hydrogen (secondary N) is 1. The molecule has 1 aliphatic heterocycles. The third kappa shape index (κ3) is 3.22. The summed E-state index contributed by atoms with van der Waals surface area (Å²) >= 11 is 3.93. The number of hydrogen-bond donors (Lipinski definition) is 1. The van der Waals surface area contributed by atoms with Crippen LogP contribution >= 0.6 is 23.1 Å². The molecule has 0 radical (unpaired) electrons. The van der Waals surface area contributed by atoms with Crippen molar-refractivity contribution in [2.75, 3.05) is 18.6 Å². The van der Waals surface area contributed by atoms with E-state index in [9.17, 15) is 0 Å². The van der Waals surface area contributed by atoms with Gasteiger partial charge in [0, 0.05) is 17.8 Å². The van der Waals surface area contributed by atoms with E-state index in [4.69, 9.17) is 4.98 Å². The van der Waals surface area contributed by atoms with Gasteiger partial charge in [-0.25, -0.2) is 4.98 Å². The van der Waals surface area contributed by atoms with E-state index in [1.54, 1.807) is 0 Å². The van der Waals surface area contributed by atoms with E-state index in [1.165, 1.54) is 41.5 Å². The van der Waals surface area contributed by atoms with Crippen LogP contribution < -0.4 is 5.32 Å². The second-order valence-corrected chi connectivity index (χ2v) is 6.56. The van der Waals surface area contributed by atoms with Gasteiger partial charge in [0.1, 0.15) is 0 Å². The standard InChI is InChI=1S/C12H20N2S2/c1-9(13-2)11-8-16-12(14-11)6-10-4-3-5-15-7-10/h8-10,13H,3-7H2,1-2H3. The lowest BCUT2D eigenvalue weighted by atomic mass is 10.0. The zero-order valence-corrected chi connectivity index (χ0v) is 11.7. The molecule has 1 aliphatic rings. The van der Waals surface area contributed by atoms with Crippen molar-refractivity contribution in [3.05, 3.63) is 16.1 Å². The summed E-state index contributed by atoms with van der Waals surface area (Å²) in [5, 5.41) is 6.76. The van der Waals surface area contributed by atoms with Crippen LogP contribution in [-0.4, -0.2) is 23.5 Å². The molecule has 0 amide bonds. The minimum absolute atomic E-state index is 0.380. The Morgan fingerprint density at radius 1 is 1.62 bits per heavy atom. The van der Waals surface area contributed by atoms with Crippen molar-refractivity contribution < 1.29 is 0 Å². The van der Waals surface area contributed by atoms with Gasteiger partial charge < -0.3 is 5.32 Å². The molecule has 1 saturated heterocycles. The van der Waals surface area contributed by atoms with Crippen LogP contribution in [-0.2, 0) is 6.42 Å². The van der Waals surface area contributed by atoms with Crippen LogP contribution in [0.5, 0.6) is 0 Å². The van der Waals surface area contributed by atoms with Crippen LogP contribution in [0.4, 0.5) is 0 Å². The molecular formula is C12H20N2S2. The zero-order chi connectivity index (χ0) is 11.4. The molecule has 1 aromatic rings. The molecule has 2 heterocycles. The van der Waals surface area contributed by atoms with Gasteiger partial charge in [0.2, 0.25) is 0 Å². The maximum absolute atomic E-state index is 4.72. The van der Waals surface area contributed by atoms with Crippen molar-refractivity contribution in [1.82, 2.24) is 10.3 Å². The van der Waals surface area contributed by atoms with E-state index in [2.05, 4.69) is 29.4 Å². The lowest BCUT2D eigenvalue weighted by molar-refractivity contribution is 0.518. The molecule has 0 saturated carbocycles. The van der Waals surface area contributed by atoms with Gasteiger partial charge in [-0.1, -0.05) is 0 Å². The van der Waals surface area contributed by atoms with Gasteiger partial charge in [0.05, 0.1) is 10.7 Å². The summed E-state index contributed by atoms with van der Waals surface area (Å²) in [5.74, 6) is 3.55. The molecule has 90 valence electrons. The second-order valence-electron chi connectivity index (χ2n) is 4.46. The van der Waals surface area contributed by atoms with E-state index in [0.717, 1.165) is 5.92 Å². The Bertz CT molecular complexity index is 319. The summed E-state index contributed by atoms with van der Waals surface area (Å²) < 4.78 is 0. The van der Waals surface area contributed by atoms with Crippen LogP contribution in [0.25, 0.3) is 0 Å². The van der Waals surface area contributed by atoms with Crippen molar-refractivity contribution in [3.8, 4) is 0 Å². The molecule has 0 bridgehead atoms. The first-order valence-corrected chi connectivity index (χ1v) is 8.02. The molecule has 2 nitrogen and oxygen atoms in total. The highest BCUT2D eigenvalue weighted by Crippen LogP contribution is 2.27. The van der Waals surface area contributed by atoms with E-state index >= 15 is 0 Å². The summed E-state index contributed by atoms with van der Waals surface area (Å²) in [4.78, 5) is 4.72. The Labute approximate surface area is 106 Å². The highest BCUT2D eigenvalue weighted by Gasteiger charge is 2.16. The normalized spacial score (nSPS) is 23.2. The third-order valence-electron chi connectivity index (χ3n) is 3.16. The first-order valence-electron chi connectivity index (χ1n) is 5.99. The zero-order valence-electron chi connectivity index (χ0n) is 10.0. The van der Waals surface area contributed by atoms with Crippen molar-refractivity contribution in [2.45, 2.75) is 32.2 Å². The number of thiazole rings is 1. The summed E-state index contributed by atoms with van der Waals surface area (Å²) in [6, 6.07) is 0.380. The molecule has 0 aliphatic carbocycles. The molecule has 1 N–H and O–H groups in total. The topological polar surface area (TPSA) is 24.9 Å². The van der Waals surface area contributed by atoms with Gasteiger partial charge >= 0.3 is 0 Å². The molecule has 2 rings (SSSR count). The van der Waals surface area contributed by atoms with Gasteiger partial charge in [-0.05, 0) is 44.2 Å². The minimum atomic E-state index is 0.380. The Kier molecular flexibility index (Phi) is 4.67. The fourth-order valence-electron chi connectivity index (χ4n) is 1.98. The molecule has 1 aromatic heterocycles. The van der Waals surface area contributed by atoms with Crippen LogP contribution in [0, 0.1) is 5.92 Å². The monoisotopic (exact) mass is 256 g/mol. The molecule has 16 heavy (non-hydrogen) atoms. The maximum atomic E-state index is 4.72. The highest BCUT2D eigenvalue weighted by molar-refractivity contribution is 7.99. The predicted molar refractivity (Wildman–Crippen MR) is 73.3 cm³/mol. The number of rotatable bonds is 4. The SMILES string of the molecule is CNC(C)c1csc(CC2CCCSC2)n1. The van der Waals surface area contributed by atoms with Crippen LogP contribution in [0.3, 0.4) is 0 Å². The van der Waals surface area contributed by atoms with Gasteiger partial charge in [0.15, 0.2) is 0 Å². The summed E-state index contributed by atoms with van der Waals surface area (Å²) in [6.07, 6.45) is 3.97. The first kappa shape index (κ1) is 12.4. The average Bonchev–Trinajstić information content (AvgIpc) is 2.78. The van der Waals surface area contributed by atoms with E-state index < -0.39 is 0 Å². The molecule has 0 spiro atoms. The Hall–Kier alpha value is -0.0600. The molecule has 4 heteroatoms. The second kappa shape index (κ2) is 6.03. The van der Waals surface area contributed by atoms with Crippen molar-refractivity contribution >= 4 is 23.1 Å². The van der Waals surface area contributed by atoms with Crippen molar-refractivity contribution in [1.29, 1.82) is 0 Å². The fraction of sp³-hybridized carbons (Fsp3) is 0.750. The Balaban J connectivity index is 1.91. The molecule has 2 unspecified atom stereocenters. The lowest BCUT2D eigenvalue weighted by Crippen LogP contribution is -2.14. The average molecular weight is 256 g/mol. The quantitative estimate of drug-likeness (QED) is 0.896. The summed E-state index contributed by atoms with van der Waals surface area (Å²) in [5.41, 5.74) is 1.20. The molecular weight excluding hydrogens is 236 g/mol. The third-order valence-corrected chi connectivity index (χ3v) is 5.34. The molecule has 2 atom stereocenters. The Morgan fingerprint density at radius 3 is 3.19 bits per heavy atom. The van der Waals surface area contributed by atoms with Crippen molar-refractivity contribution in [3.63, 3.8) is 0 Å². The summed E-state index contributed by atoms with van der Waals surface area (Å²) in [7, 11) is 1.99. The van der Waals surface area contributed by atoms with Gasteiger partial charge in [-0.3, -0.25) is 0 Å². The van der Waals surface area contributed by atoms with Gasteiger partial charge in [-0.15, -0.1) is 11.3 Å². The lowest BCUT2D eigenvalue weighted by Gasteiger charge is -2.19. The largest absolute Gasteiger partial charge is 0.312 e. The number of hydrogen-bond acceptors (Lipinski definition) is 4. The fourth-order valence-corrected chi connectivity index (χ4v) is 4.14.